The Morgan fingerprint density at radius 2 is 2.20 bits per heavy atom. The summed E-state index contributed by atoms with van der Waals surface area (Å²) in [5.41, 5.74) is 0. The maximum absolute atomic E-state index is 10.6. The Balaban J connectivity index is 2.48. The molecule has 2 atom stereocenters. The van der Waals surface area contributed by atoms with Crippen molar-refractivity contribution in [2.45, 2.75) is 38.8 Å². The van der Waals surface area contributed by atoms with Crippen LogP contribution in [0, 0.1) is 0 Å². The summed E-state index contributed by atoms with van der Waals surface area (Å²) >= 11 is 0. The largest absolute Gasteiger partial charge is 0.444 e. The molecule has 1 fully saturated rings. The zero-order chi connectivity index (χ0) is 7.56. The van der Waals surface area contributed by atoms with E-state index in [0.29, 0.717) is 0 Å². The Hall–Kier alpha value is -0.730. The molecule has 0 unspecified atom stereocenters. The van der Waals surface area contributed by atoms with Gasteiger partial charge >= 0.3 is 6.09 Å². The number of carbonyl (C=O) groups excluding carboxylic acids is 1. The van der Waals surface area contributed by atoms with E-state index in [-0.39, 0.29) is 18.2 Å². The van der Waals surface area contributed by atoms with Gasteiger partial charge in [0.05, 0.1) is 6.04 Å². The smallest absolute Gasteiger partial charge is 0.407 e. The van der Waals surface area contributed by atoms with Crippen molar-refractivity contribution >= 4 is 6.09 Å². The maximum atomic E-state index is 10.6. The second kappa shape index (κ2) is 2.90. The van der Waals surface area contributed by atoms with Gasteiger partial charge in [-0.05, 0) is 12.8 Å². The van der Waals surface area contributed by atoms with Crippen LogP contribution in [0.15, 0.2) is 0 Å². The zero-order valence-electron chi connectivity index (χ0n) is 6.39. The highest BCUT2D eigenvalue weighted by Crippen LogP contribution is 2.13. The Morgan fingerprint density at radius 1 is 1.50 bits per heavy atom. The number of alkyl carbamates (subject to hydrolysis) is 1. The molecular weight excluding hydrogens is 130 g/mol. The second-order valence-corrected chi connectivity index (χ2v) is 2.51. The van der Waals surface area contributed by atoms with Crippen molar-refractivity contribution in [2.75, 3.05) is 0 Å². The van der Waals surface area contributed by atoms with Crippen LogP contribution in [0.2, 0.25) is 0 Å². The lowest BCUT2D eigenvalue weighted by Gasteiger charge is -2.11. The first kappa shape index (κ1) is 7.38. The Kier molecular flexibility index (Phi) is 2.14. The van der Waals surface area contributed by atoms with Gasteiger partial charge in [0.15, 0.2) is 0 Å². The molecule has 1 aliphatic rings. The van der Waals surface area contributed by atoms with Gasteiger partial charge in [0.2, 0.25) is 0 Å². The Labute approximate surface area is 60.7 Å². The van der Waals surface area contributed by atoms with Gasteiger partial charge in [0.25, 0.3) is 0 Å². The molecule has 1 amide bonds. The summed E-state index contributed by atoms with van der Waals surface area (Å²) in [6, 6.07) is 0.234. The van der Waals surface area contributed by atoms with Crippen LogP contribution < -0.4 is 5.32 Å². The first-order chi connectivity index (χ1) is 4.77. The van der Waals surface area contributed by atoms with Gasteiger partial charge in [0.1, 0.15) is 6.10 Å². The lowest BCUT2D eigenvalue weighted by atomic mass is 10.1. The van der Waals surface area contributed by atoms with Crippen LogP contribution in [0.3, 0.4) is 0 Å². The molecule has 0 saturated carbocycles. The van der Waals surface area contributed by atoms with Crippen LogP contribution in [-0.2, 0) is 4.74 Å². The SMILES string of the molecule is CC[C@@H]1OC(=O)N[C@@H]1CC. The highest BCUT2D eigenvalue weighted by Gasteiger charge is 2.30. The fraction of sp³-hybridized carbons (Fsp3) is 0.857. The van der Waals surface area contributed by atoms with Crippen LogP contribution >= 0.6 is 0 Å². The minimum atomic E-state index is -0.265. The van der Waals surface area contributed by atoms with E-state index in [4.69, 9.17) is 4.74 Å². The van der Waals surface area contributed by atoms with Gasteiger partial charge in [-0.25, -0.2) is 4.79 Å². The van der Waals surface area contributed by atoms with Crippen LogP contribution in [0.5, 0.6) is 0 Å². The molecule has 0 radical (unpaired) electrons. The molecule has 0 aromatic heterocycles. The van der Waals surface area contributed by atoms with E-state index < -0.39 is 0 Å². The quantitative estimate of drug-likeness (QED) is 0.632. The van der Waals surface area contributed by atoms with E-state index in [1.165, 1.54) is 0 Å². The average Bonchev–Trinajstić information content (AvgIpc) is 2.30. The van der Waals surface area contributed by atoms with E-state index in [2.05, 4.69) is 5.32 Å². The standard InChI is InChI=1S/C7H13NO2/c1-3-5-6(4-2)10-7(9)8-5/h5-6H,3-4H2,1-2H3,(H,8,9)/t5-,6+/m1/s1. The molecular formula is C7H13NO2. The fourth-order valence-corrected chi connectivity index (χ4v) is 1.23. The van der Waals surface area contributed by atoms with Crippen LogP contribution in [0.1, 0.15) is 26.7 Å². The van der Waals surface area contributed by atoms with Crippen molar-refractivity contribution in [3.8, 4) is 0 Å². The molecule has 1 saturated heterocycles. The van der Waals surface area contributed by atoms with Crippen LogP contribution in [0.4, 0.5) is 4.79 Å². The lowest BCUT2D eigenvalue weighted by Crippen LogP contribution is -2.30. The number of cyclic esters (lactones) is 1. The molecule has 3 nitrogen and oxygen atoms in total. The zero-order valence-corrected chi connectivity index (χ0v) is 6.39. The summed E-state index contributed by atoms with van der Waals surface area (Å²) < 4.78 is 4.96. The van der Waals surface area contributed by atoms with Gasteiger partial charge in [0, 0.05) is 0 Å². The van der Waals surface area contributed by atoms with Crippen molar-refractivity contribution in [1.82, 2.24) is 5.32 Å². The number of ether oxygens (including phenoxy) is 1. The third kappa shape index (κ3) is 1.23. The predicted octanol–water partition coefficient (Wildman–Crippen LogP) is 1.28. The summed E-state index contributed by atoms with van der Waals surface area (Å²) in [6.45, 7) is 4.07. The normalized spacial score (nSPS) is 31.6. The van der Waals surface area contributed by atoms with Gasteiger partial charge in [-0.3, -0.25) is 0 Å². The minimum Gasteiger partial charge on any atom is -0.444 e. The van der Waals surface area contributed by atoms with Crippen molar-refractivity contribution in [3.05, 3.63) is 0 Å². The molecule has 1 N–H and O–H groups in total. The van der Waals surface area contributed by atoms with Gasteiger partial charge in [-0.15, -0.1) is 0 Å². The summed E-state index contributed by atoms with van der Waals surface area (Å²) in [6.07, 6.45) is 1.68. The van der Waals surface area contributed by atoms with E-state index in [0.717, 1.165) is 12.8 Å². The number of hydrogen-bond donors (Lipinski definition) is 1. The highest BCUT2D eigenvalue weighted by molar-refractivity contribution is 5.70. The van der Waals surface area contributed by atoms with Crippen molar-refractivity contribution in [1.29, 1.82) is 0 Å². The van der Waals surface area contributed by atoms with Crippen molar-refractivity contribution in [2.24, 2.45) is 0 Å². The molecule has 1 rings (SSSR count). The number of rotatable bonds is 2. The van der Waals surface area contributed by atoms with Crippen LogP contribution in [0.25, 0.3) is 0 Å². The summed E-state index contributed by atoms with van der Waals surface area (Å²) in [5.74, 6) is 0. The summed E-state index contributed by atoms with van der Waals surface area (Å²) in [5, 5.41) is 2.74. The molecule has 0 aromatic carbocycles. The van der Waals surface area contributed by atoms with Crippen LogP contribution in [-0.4, -0.2) is 18.2 Å². The van der Waals surface area contributed by atoms with E-state index >= 15 is 0 Å². The molecule has 10 heavy (non-hydrogen) atoms. The Morgan fingerprint density at radius 3 is 2.60 bits per heavy atom. The topological polar surface area (TPSA) is 38.3 Å². The number of carbonyl (C=O) groups is 1. The summed E-state index contributed by atoms with van der Waals surface area (Å²) in [4.78, 5) is 10.6. The van der Waals surface area contributed by atoms with Crippen molar-refractivity contribution in [3.63, 3.8) is 0 Å². The molecule has 0 aliphatic carbocycles. The molecule has 3 heteroatoms. The average molecular weight is 143 g/mol. The molecule has 58 valence electrons. The van der Waals surface area contributed by atoms with E-state index in [1.807, 2.05) is 13.8 Å². The maximum Gasteiger partial charge on any atom is 0.407 e. The number of amides is 1. The van der Waals surface area contributed by atoms with Crippen molar-refractivity contribution < 1.29 is 9.53 Å². The summed E-state index contributed by atoms with van der Waals surface area (Å²) in [7, 11) is 0. The molecule has 1 aliphatic heterocycles. The monoisotopic (exact) mass is 143 g/mol. The third-order valence-electron chi connectivity index (χ3n) is 1.85. The van der Waals surface area contributed by atoms with Gasteiger partial charge in [-0.1, -0.05) is 13.8 Å². The second-order valence-electron chi connectivity index (χ2n) is 2.51. The third-order valence-corrected chi connectivity index (χ3v) is 1.85. The highest BCUT2D eigenvalue weighted by atomic mass is 16.6. The van der Waals surface area contributed by atoms with Gasteiger partial charge in [-0.2, -0.15) is 0 Å². The van der Waals surface area contributed by atoms with E-state index in [1.54, 1.807) is 0 Å². The van der Waals surface area contributed by atoms with Gasteiger partial charge < -0.3 is 10.1 Å². The molecule has 0 aromatic rings. The number of nitrogens with one attached hydrogen (secondary N) is 1. The molecule has 0 spiro atoms. The Bertz CT molecular complexity index is 122. The molecule has 1 heterocycles. The first-order valence-corrected chi connectivity index (χ1v) is 3.75. The molecule has 0 bridgehead atoms. The first-order valence-electron chi connectivity index (χ1n) is 3.75. The predicted molar refractivity (Wildman–Crippen MR) is 37.8 cm³/mol. The minimum absolute atomic E-state index is 0.0949. The lowest BCUT2D eigenvalue weighted by molar-refractivity contribution is 0.128. The number of hydrogen-bond acceptors (Lipinski definition) is 2. The fourth-order valence-electron chi connectivity index (χ4n) is 1.23. The van der Waals surface area contributed by atoms with E-state index in [9.17, 15) is 4.79 Å².